The summed E-state index contributed by atoms with van der Waals surface area (Å²) in [6.07, 6.45) is 4.90. The van der Waals surface area contributed by atoms with E-state index < -0.39 is 84.9 Å². The van der Waals surface area contributed by atoms with Gasteiger partial charge in [-0.25, -0.2) is 4.57 Å². The van der Waals surface area contributed by atoms with Crippen LogP contribution in [0.15, 0.2) is 54.1 Å². The Morgan fingerprint density at radius 1 is 1.11 bits per heavy atom. The summed E-state index contributed by atoms with van der Waals surface area (Å²) in [6, 6.07) is 7.80. The molecule has 1 aromatic carbocycles. The molecular formula is C44H53BrN3O14PS. The molecule has 3 amide bonds. The zero-order valence-electron chi connectivity index (χ0n) is 35.5. The van der Waals surface area contributed by atoms with Crippen LogP contribution in [-0.2, 0) is 60.2 Å². The normalized spacial score (nSPS) is 30.9. The van der Waals surface area contributed by atoms with Gasteiger partial charge in [0.25, 0.3) is 0 Å². The summed E-state index contributed by atoms with van der Waals surface area (Å²) in [7, 11) is -5.04. The van der Waals surface area contributed by atoms with Crippen molar-refractivity contribution in [2.75, 3.05) is 23.8 Å². The maximum Gasteiger partial charge on any atom is 0.470 e. The molecule has 4 aliphatic carbocycles. The van der Waals surface area contributed by atoms with Crippen molar-refractivity contribution in [1.29, 1.82) is 0 Å². The van der Waals surface area contributed by atoms with Gasteiger partial charge in [-0.2, -0.15) is 0 Å². The number of ketones is 2. The van der Waals surface area contributed by atoms with Crippen molar-refractivity contribution < 1.29 is 67.3 Å². The number of phosphoric acid groups is 1. The number of phosphoric ester groups is 1. The van der Waals surface area contributed by atoms with Crippen molar-refractivity contribution in [1.82, 2.24) is 10.6 Å². The molecule has 20 heteroatoms. The molecule has 2 heterocycles. The average molecular weight is 991 g/mol. The third kappa shape index (κ3) is 9.38. The van der Waals surface area contributed by atoms with Crippen LogP contribution in [0.2, 0.25) is 0 Å². The first-order chi connectivity index (χ1) is 30.2. The molecule has 7 N–H and O–H groups in total. The number of carboxylic acid groups (broad SMARTS) is 1. The van der Waals surface area contributed by atoms with Gasteiger partial charge in [0.15, 0.2) is 23.5 Å². The second-order valence-corrected chi connectivity index (χ2v) is 20.7. The number of rotatable bonds is 17. The number of amides is 3. The number of benzene rings is 1. The highest BCUT2D eigenvalue weighted by atomic mass is 79.9. The summed E-state index contributed by atoms with van der Waals surface area (Å²) in [5.41, 5.74) is -0.0204. The SMILES string of the molecule is CCc1sc([C@@H]2O[C@@H]3C[C@H]4[C@@H]5CCC6=CC(=O)C=C[C@]6(C)[C@H]5[C@@H](O)C[C@]4(C)[C@]3(C(=O)COP(=O)(O)O)O2)cc1Cc1ccc(NC(=O)[C@H](CCC(=O)O)NC(=O)CNC(=O)CBr)cc1. The van der Waals surface area contributed by atoms with Crippen molar-refractivity contribution >= 4 is 76.0 Å². The predicted molar refractivity (Wildman–Crippen MR) is 235 cm³/mol. The molecule has 1 aromatic heterocycles. The van der Waals surface area contributed by atoms with Gasteiger partial charge in [0.1, 0.15) is 12.6 Å². The first kappa shape index (κ1) is 48.0. The van der Waals surface area contributed by atoms with E-state index >= 15 is 0 Å². The number of carboxylic acids is 1. The molecule has 2 aromatic rings. The fraction of sp³-hybridized carbons (Fsp3) is 0.545. The Morgan fingerprint density at radius 2 is 1.84 bits per heavy atom. The molecule has 346 valence electrons. The number of fused-ring (bicyclic) bond motifs is 7. The fourth-order valence-corrected chi connectivity index (χ4v) is 12.7. The van der Waals surface area contributed by atoms with Crippen molar-refractivity contribution in [3.63, 3.8) is 0 Å². The smallest absolute Gasteiger partial charge is 0.470 e. The Balaban J connectivity index is 1.08. The lowest BCUT2D eigenvalue weighted by atomic mass is 9.46. The van der Waals surface area contributed by atoms with Crippen LogP contribution in [0.25, 0.3) is 0 Å². The number of alkyl halides is 1. The number of nitrogens with one attached hydrogen (secondary N) is 3. The number of halogens is 1. The molecule has 4 fully saturated rings. The Hall–Kier alpha value is -3.91. The number of aryl methyl sites for hydroxylation is 1. The molecule has 1 aliphatic heterocycles. The van der Waals surface area contributed by atoms with Crippen molar-refractivity contribution in [2.24, 2.45) is 28.6 Å². The third-order valence-corrected chi connectivity index (χ3v) is 16.3. The van der Waals surface area contributed by atoms with Gasteiger partial charge in [0.05, 0.1) is 29.0 Å². The summed E-state index contributed by atoms with van der Waals surface area (Å²) < 4.78 is 30.2. The predicted octanol–water partition coefficient (Wildman–Crippen LogP) is 4.42. The van der Waals surface area contributed by atoms with Crippen LogP contribution in [0.3, 0.4) is 0 Å². The number of aliphatic carboxylic acids is 1. The summed E-state index contributed by atoms with van der Waals surface area (Å²) in [6.45, 7) is 4.67. The van der Waals surface area contributed by atoms with Crippen LogP contribution < -0.4 is 16.0 Å². The van der Waals surface area contributed by atoms with Gasteiger partial charge in [-0.1, -0.05) is 60.5 Å². The summed E-state index contributed by atoms with van der Waals surface area (Å²) >= 11 is 4.45. The number of hydrogen-bond donors (Lipinski definition) is 7. The minimum Gasteiger partial charge on any atom is -0.481 e. The molecule has 0 bridgehead atoms. The number of aliphatic hydroxyl groups is 1. The number of carbonyl (C=O) groups is 6. The standard InChI is InChI=1S/C44H53BrN3O14PS/c1-4-32-24(15-23-5-8-26(9-6-23)47-40(56)30(11-12-38(54)55)48-37(53)21-46-36(52)20-45)16-33(64-32)41-61-35-18-29-28-10-7-25-17-27(49)13-14-42(25,2)39(28)31(50)19-43(29,3)44(35,62-41)34(51)22-60-63(57,58)59/h5-6,8-9,13-14,16-17,28-31,35,39,41,50H,4,7,10-12,15,18-22H2,1-3H3,(H,46,52)(H,47,56)(H,48,53)(H,54,55)(H2,57,58,59)/t28-,29-,30-,31-,35+,39+,41+,42-,43-,44+/m0/s1. The lowest BCUT2D eigenvalue weighted by Crippen LogP contribution is -2.63. The Labute approximate surface area is 382 Å². The molecule has 0 radical (unpaired) electrons. The summed E-state index contributed by atoms with van der Waals surface area (Å²) in [5, 5.41) is 28.8. The molecule has 1 saturated heterocycles. The highest BCUT2D eigenvalue weighted by Gasteiger charge is 2.76. The molecule has 0 unspecified atom stereocenters. The maximum atomic E-state index is 14.5. The van der Waals surface area contributed by atoms with Crippen LogP contribution in [0.4, 0.5) is 5.69 Å². The molecular weight excluding hydrogens is 937 g/mol. The minimum atomic E-state index is -5.04. The van der Waals surface area contributed by atoms with Gasteiger partial charge in [-0.3, -0.25) is 33.3 Å². The van der Waals surface area contributed by atoms with Crippen LogP contribution in [0, 0.1) is 28.6 Å². The van der Waals surface area contributed by atoms with Crippen LogP contribution >= 0.6 is 35.1 Å². The number of allylic oxidation sites excluding steroid dienone is 4. The number of thiophene rings is 1. The van der Waals surface area contributed by atoms with Gasteiger partial charge in [-0.05, 0) is 98.3 Å². The van der Waals surface area contributed by atoms with E-state index in [0.29, 0.717) is 42.7 Å². The molecule has 5 aliphatic rings. The van der Waals surface area contributed by atoms with E-state index in [4.69, 9.17) is 14.0 Å². The second kappa shape index (κ2) is 18.8. The Kier molecular flexibility index (Phi) is 14.1. The van der Waals surface area contributed by atoms with Gasteiger partial charge >= 0.3 is 13.8 Å². The van der Waals surface area contributed by atoms with Gasteiger partial charge in [0, 0.05) is 33.7 Å². The van der Waals surface area contributed by atoms with E-state index in [0.717, 1.165) is 21.6 Å². The fourth-order valence-electron chi connectivity index (χ4n) is 11.2. The molecule has 0 spiro atoms. The lowest BCUT2D eigenvalue weighted by molar-refractivity contribution is -0.200. The van der Waals surface area contributed by atoms with E-state index in [9.17, 15) is 53.3 Å². The Morgan fingerprint density at radius 3 is 2.52 bits per heavy atom. The monoisotopic (exact) mass is 989 g/mol. The highest BCUT2D eigenvalue weighted by Crippen LogP contribution is 2.70. The zero-order valence-corrected chi connectivity index (χ0v) is 38.8. The van der Waals surface area contributed by atoms with Crippen molar-refractivity contribution in [3.05, 3.63) is 75.0 Å². The molecule has 3 saturated carbocycles. The zero-order chi connectivity index (χ0) is 46.4. The van der Waals surface area contributed by atoms with Crippen LogP contribution in [0.1, 0.15) is 86.5 Å². The number of anilines is 1. The molecule has 7 rings (SSSR count). The van der Waals surface area contributed by atoms with Crippen LogP contribution in [0.5, 0.6) is 0 Å². The van der Waals surface area contributed by atoms with Crippen molar-refractivity contribution in [3.8, 4) is 0 Å². The van der Waals surface area contributed by atoms with Gasteiger partial charge in [0.2, 0.25) is 17.7 Å². The van der Waals surface area contributed by atoms with E-state index in [1.54, 1.807) is 24.3 Å². The summed E-state index contributed by atoms with van der Waals surface area (Å²) in [5.74, 6) is -4.08. The van der Waals surface area contributed by atoms with E-state index in [-0.39, 0.29) is 54.7 Å². The van der Waals surface area contributed by atoms with E-state index in [1.165, 1.54) is 11.3 Å². The summed E-state index contributed by atoms with van der Waals surface area (Å²) in [4.78, 5) is 96.2. The molecule has 64 heavy (non-hydrogen) atoms. The maximum absolute atomic E-state index is 14.5. The average Bonchev–Trinajstić information content (AvgIpc) is 3.90. The molecule has 17 nitrogen and oxygen atoms in total. The van der Waals surface area contributed by atoms with E-state index in [1.807, 2.05) is 38.1 Å². The van der Waals surface area contributed by atoms with E-state index in [2.05, 4.69) is 38.8 Å². The number of ether oxygens (including phenoxy) is 2. The largest absolute Gasteiger partial charge is 0.481 e. The first-order valence-electron chi connectivity index (χ1n) is 21.2. The Bertz CT molecular complexity index is 2310. The van der Waals surface area contributed by atoms with Crippen molar-refractivity contribution in [2.45, 2.75) is 102 Å². The number of hydrogen-bond acceptors (Lipinski definition) is 12. The first-order valence-corrected chi connectivity index (χ1v) is 24.7. The van der Waals surface area contributed by atoms with Crippen LogP contribution in [-0.4, -0.2) is 97.6 Å². The molecule has 10 atom stereocenters. The number of aliphatic hydroxyl groups excluding tert-OH is 1. The minimum absolute atomic E-state index is 0.0154. The highest BCUT2D eigenvalue weighted by molar-refractivity contribution is 9.09. The quantitative estimate of drug-likeness (QED) is 0.0855. The number of carbonyl (C=O) groups excluding carboxylic acids is 5. The topological polar surface area (TPSA) is 264 Å². The van der Waals surface area contributed by atoms with Gasteiger partial charge in [-0.15, -0.1) is 11.3 Å². The lowest BCUT2D eigenvalue weighted by Gasteiger charge is -2.59. The number of Topliss-reactive ketones (excluding diaryl/α,β-unsaturated/α-hetero) is 1. The second-order valence-electron chi connectivity index (χ2n) is 17.7. The van der Waals surface area contributed by atoms with Gasteiger partial charge < -0.3 is 45.4 Å². The third-order valence-electron chi connectivity index (χ3n) is 14.0.